The van der Waals surface area contributed by atoms with E-state index in [0.717, 1.165) is 41.3 Å². The molecule has 0 aromatic heterocycles. The van der Waals surface area contributed by atoms with E-state index < -0.39 is 0 Å². The zero-order chi connectivity index (χ0) is 18.1. The van der Waals surface area contributed by atoms with Crippen LogP contribution in [0, 0.1) is 11.8 Å². The number of rotatable bonds is 2. The highest BCUT2D eigenvalue weighted by atomic mass is 16.7. The van der Waals surface area contributed by atoms with Gasteiger partial charge in [0.2, 0.25) is 12.5 Å². The molecule has 0 N–H and O–H groups in total. The van der Waals surface area contributed by atoms with Crippen molar-refractivity contribution in [2.45, 2.75) is 12.5 Å². The fourth-order valence-corrected chi connectivity index (χ4v) is 3.51. The Hall–Kier alpha value is -2.84. The average Bonchev–Trinajstić information content (AvgIpc) is 3.14. The van der Waals surface area contributed by atoms with Gasteiger partial charge >= 0.3 is 0 Å². The molecule has 2 aromatic rings. The van der Waals surface area contributed by atoms with Gasteiger partial charge < -0.3 is 18.9 Å². The Kier molecular flexibility index (Phi) is 4.36. The van der Waals surface area contributed by atoms with Crippen LogP contribution in [0.3, 0.4) is 0 Å². The van der Waals surface area contributed by atoms with Crippen molar-refractivity contribution in [2.75, 3.05) is 34.6 Å². The van der Waals surface area contributed by atoms with Crippen molar-refractivity contribution >= 4 is 0 Å². The molecule has 4 rings (SSSR count). The molecule has 0 saturated carbocycles. The lowest BCUT2D eigenvalue weighted by molar-refractivity contribution is 0.171. The van der Waals surface area contributed by atoms with Gasteiger partial charge in [-0.25, -0.2) is 0 Å². The quantitative estimate of drug-likeness (QED) is 0.778. The van der Waals surface area contributed by atoms with E-state index in [1.54, 1.807) is 14.2 Å². The Balaban J connectivity index is 1.81. The van der Waals surface area contributed by atoms with E-state index in [9.17, 15) is 0 Å². The van der Waals surface area contributed by atoms with Crippen molar-refractivity contribution in [3.8, 4) is 34.8 Å². The van der Waals surface area contributed by atoms with E-state index in [1.165, 1.54) is 5.56 Å². The standard InChI is InChI=1S/C21H21NO4/c1-22-11-10-15-12-18-20(26-13-25-18)21(24-3)19(15)16(22)9-8-14-6-4-5-7-17(14)23-2/h4-7,12,16H,10-11,13H2,1-3H3. The van der Waals surface area contributed by atoms with Gasteiger partial charge in [0.15, 0.2) is 11.5 Å². The van der Waals surface area contributed by atoms with Gasteiger partial charge in [0.1, 0.15) is 11.8 Å². The molecule has 1 unspecified atom stereocenters. The zero-order valence-corrected chi connectivity index (χ0v) is 15.2. The van der Waals surface area contributed by atoms with Crippen LogP contribution in [-0.4, -0.2) is 39.5 Å². The van der Waals surface area contributed by atoms with Crippen molar-refractivity contribution in [3.63, 3.8) is 0 Å². The van der Waals surface area contributed by atoms with E-state index in [0.29, 0.717) is 5.75 Å². The highest BCUT2D eigenvalue weighted by Gasteiger charge is 2.33. The average molecular weight is 351 g/mol. The SMILES string of the molecule is COc1ccccc1C#CC1c2c(cc3c(c2OC)OCO3)CCN1C. The fourth-order valence-electron chi connectivity index (χ4n) is 3.51. The van der Waals surface area contributed by atoms with Crippen LogP contribution < -0.4 is 18.9 Å². The molecule has 5 heteroatoms. The summed E-state index contributed by atoms with van der Waals surface area (Å²) in [6.07, 6.45) is 0.922. The number of fused-ring (bicyclic) bond motifs is 2. The summed E-state index contributed by atoms with van der Waals surface area (Å²) in [4.78, 5) is 2.23. The second-order valence-electron chi connectivity index (χ2n) is 6.32. The number of likely N-dealkylation sites (N-methyl/N-ethyl adjacent to an activating group) is 1. The summed E-state index contributed by atoms with van der Waals surface area (Å²) in [7, 11) is 5.40. The van der Waals surface area contributed by atoms with Crippen LogP contribution >= 0.6 is 0 Å². The normalized spacial score (nSPS) is 17.9. The molecule has 0 saturated heterocycles. The molecule has 5 nitrogen and oxygen atoms in total. The van der Waals surface area contributed by atoms with Crippen molar-refractivity contribution in [1.82, 2.24) is 4.90 Å². The van der Waals surface area contributed by atoms with Crippen LogP contribution in [0.2, 0.25) is 0 Å². The predicted octanol–water partition coefficient (Wildman–Crippen LogP) is 3.01. The fraction of sp³-hybridized carbons (Fsp3) is 0.333. The first-order chi connectivity index (χ1) is 12.7. The maximum absolute atomic E-state index is 5.71. The first-order valence-electron chi connectivity index (χ1n) is 8.57. The number of para-hydroxylation sites is 1. The minimum atomic E-state index is -0.0897. The van der Waals surface area contributed by atoms with Crippen LogP contribution in [0.1, 0.15) is 22.7 Å². The molecule has 1 atom stereocenters. The first-order valence-corrected chi connectivity index (χ1v) is 8.57. The van der Waals surface area contributed by atoms with Gasteiger partial charge in [-0.3, -0.25) is 4.90 Å². The first kappa shape index (κ1) is 16.6. The topological polar surface area (TPSA) is 40.2 Å². The van der Waals surface area contributed by atoms with Crippen molar-refractivity contribution in [2.24, 2.45) is 0 Å². The monoisotopic (exact) mass is 351 g/mol. The molecule has 2 heterocycles. The van der Waals surface area contributed by atoms with Crippen LogP contribution in [0.5, 0.6) is 23.0 Å². The number of benzene rings is 2. The molecule has 0 bridgehead atoms. The van der Waals surface area contributed by atoms with E-state index in [1.807, 2.05) is 24.3 Å². The minimum absolute atomic E-state index is 0.0897. The third-order valence-corrected chi connectivity index (χ3v) is 4.85. The molecule has 0 radical (unpaired) electrons. The molecule has 0 aliphatic carbocycles. The molecule has 0 spiro atoms. The lowest BCUT2D eigenvalue weighted by Gasteiger charge is -2.32. The lowest BCUT2D eigenvalue weighted by atomic mass is 9.91. The second-order valence-corrected chi connectivity index (χ2v) is 6.32. The van der Waals surface area contributed by atoms with E-state index in [4.69, 9.17) is 18.9 Å². The largest absolute Gasteiger partial charge is 0.495 e. The van der Waals surface area contributed by atoms with Crippen LogP contribution in [0.4, 0.5) is 0 Å². The lowest BCUT2D eigenvalue weighted by Crippen LogP contribution is -2.31. The van der Waals surface area contributed by atoms with E-state index >= 15 is 0 Å². The number of hydrogen-bond donors (Lipinski definition) is 0. The summed E-state index contributed by atoms with van der Waals surface area (Å²) in [5, 5.41) is 0. The van der Waals surface area contributed by atoms with Gasteiger partial charge in [-0.15, -0.1) is 0 Å². The molecule has 26 heavy (non-hydrogen) atoms. The van der Waals surface area contributed by atoms with E-state index in [-0.39, 0.29) is 12.8 Å². The van der Waals surface area contributed by atoms with Crippen LogP contribution in [0.15, 0.2) is 30.3 Å². The number of hydrogen-bond acceptors (Lipinski definition) is 5. The molecule has 2 aliphatic heterocycles. The van der Waals surface area contributed by atoms with Gasteiger partial charge in [0.25, 0.3) is 0 Å². The Labute approximate surface area is 153 Å². The summed E-state index contributed by atoms with van der Waals surface area (Å²) >= 11 is 0. The smallest absolute Gasteiger partial charge is 0.231 e. The Morgan fingerprint density at radius 1 is 1.15 bits per heavy atom. The maximum atomic E-state index is 5.71. The molecular weight excluding hydrogens is 330 g/mol. The summed E-state index contributed by atoms with van der Waals surface area (Å²) in [6.45, 7) is 1.14. The Morgan fingerprint density at radius 3 is 2.81 bits per heavy atom. The predicted molar refractivity (Wildman–Crippen MR) is 98.1 cm³/mol. The van der Waals surface area contributed by atoms with E-state index in [2.05, 4.69) is 29.9 Å². The molecule has 2 aliphatic rings. The second kappa shape index (κ2) is 6.81. The Morgan fingerprint density at radius 2 is 2.00 bits per heavy atom. The highest BCUT2D eigenvalue weighted by molar-refractivity contribution is 5.63. The van der Waals surface area contributed by atoms with Crippen LogP contribution in [-0.2, 0) is 6.42 Å². The Bertz CT molecular complexity index is 897. The molecule has 2 aromatic carbocycles. The van der Waals surface area contributed by atoms with Crippen LogP contribution in [0.25, 0.3) is 0 Å². The summed E-state index contributed by atoms with van der Waals surface area (Å²) in [6, 6.07) is 9.76. The maximum Gasteiger partial charge on any atom is 0.231 e. The molecular formula is C21H21NO4. The highest BCUT2D eigenvalue weighted by Crippen LogP contribution is 2.49. The number of ether oxygens (including phenoxy) is 4. The molecule has 134 valence electrons. The van der Waals surface area contributed by atoms with Gasteiger partial charge in [-0.1, -0.05) is 24.0 Å². The van der Waals surface area contributed by atoms with Crippen molar-refractivity contribution in [1.29, 1.82) is 0 Å². The number of nitrogens with zero attached hydrogens (tertiary/aromatic N) is 1. The number of methoxy groups -OCH3 is 2. The van der Waals surface area contributed by atoms with Crippen molar-refractivity contribution in [3.05, 3.63) is 47.0 Å². The summed E-state index contributed by atoms with van der Waals surface area (Å²) in [5.74, 6) is 9.60. The zero-order valence-electron chi connectivity index (χ0n) is 15.2. The third kappa shape index (κ3) is 2.73. The van der Waals surface area contributed by atoms with Gasteiger partial charge in [0, 0.05) is 12.1 Å². The minimum Gasteiger partial charge on any atom is -0.495 e. The summed E-state index contributed by atoms with van der Waals surface area (Å²) in [5.41, 5.74) is 3.13. The summed E-state index contributed by atoms with van der Waals surface area (Å²) < 4.78 is 22.3. The molecule has 0 amide bonds. The van der Waals surface area contributed by atoms with Gasteiger partial charge in [-0.05, 0) is 37.2 Å². The van der Waals surface area contributed by atoms with Crippen molar-refractivity contribution < 1.29 is 18.9 Å². The molecule has 0 fully saturated rings. The third-order valence-electron chi connectivity index (χ3n) is 4.85. The van der Waals surface area contributed by atoms with Gasteiger partial charge in [-0.2, -0.15) is 0 Å². The van der Waals surface area contributed by atoms with Gasteiger partial charge in [0.05, 0.1) is 19.8 Å².